The number of nitrogens with one attached hydrogen (secondary N) is 1. The van der Waals surface area contributed by atoms with Crippen molar-refractivity contribution in [2.75, 3.05) is 11.9 Å². The summed E-state index contributed by atoms with van der Waals surface area (Å²) in [6, 6.07) is 16.7. The lowest BCUT2D eigenvalue weighted by atomic mass is 10.1. The van der Waals surface area contributed by atoms with Crippen LogP contribution in [0.2, 0.25) is 0 Å². The van der Waals surface area contributed by atoms with Crippen molar-refractivity contribution in [3.8, 4) is 5.75 Å². The molecule has 1 N–H and O–H groups in total. The molecule has 0 fully saturated rings. The Labute approximate surface area is 122 Å². The first-order valence-electron chi connectivity index (χ1n) is 6.44. The van der Waals surface area contributed by atoms with Gasteiger partial charge in [0.05, 0.1) is 6.61 Å². The highest BCUT2D eigenvalue weighted by Crippen LogP contribution is 2.23. The topological polar surface area (TPSA) is 21.3 Å². The van der Waals surface area contributed by atoms with E-state index in [2.05, 4.69) is 46.4 Å². The maximum absolute atomic E-state index is 5.43. The summed E-state index contributed by atoms with van der Waals surface area (Å²) in [5.74, 6) is 0.906. The van der Waals surface area contributed by atoms with Gasteiger partial charge in [-0.2, -0.15) is 0 Å². The molecule has 1 atom stereocenters. The van der Waals surface area contributed by atoms with E-state index in [0.29, 0.717) is 6.61 Å². The number of hydrogen-bond acceptors (Lipinski definition) is 2. The molecule has 0 radical (unpaired) electrons. The van der Waals surface area contributed by atoms with Crippen molar-refractivity contribution in [3.05, 3.63) is 58.6 Å². The van der Waals surface area contributed by atoms with E-state index in [1.807, 2.05) is 37.3 Å². The van der Waals surface area contributed by atoms with Crippen LogP contribution in [0.15, 0.2) is 53.0 Å². The highest BCUT2D eigenvalue weighted by atomic mass is 79.9. The average molecular weight is 320 g/mol. The summed E-state index contributed by atoms with van der Waals surface area (Å²) in [5.41, 5.74) is 2.35. The Morgan fingerprint density at radius 1 is 1.16 bits per heavy atom. The van der Waals surface area contributed by atoms with Crippen molar-refractivity contribution in [2.45, 2.75) is 19.9 Å². The molecule has 0 aliphatic heterocycles. The van der Waals surface area contributed by atoms with Crippen molar-refractivity contribution in [3.63, 3.8) is 0 Å². The predicted molar refractivity (Wildman–Crippen MR) is 83.8 cm³/mol. The summed E-state index contributed by atoms with van der Waals surface area (Å²) in [7, 11) is 0. The Balaban J connectivity index is 2.04. The van der Waals surface area contributed by atoms with Crippen LogP contribution in [0.3, 0.4) is 0 Å². The third-order valence-corrected chi connectivity index (χ3v) is 3.39. The molecular formula is C16H18BrNO. The van der Waals surface area contributed by atoms with Crippen molar-refractivity contribution in [2.24, 2.45) is 0 Å². The van der Waals surface area contributed by atoms with Crippen LogP contribution in [-0.2, 0) is 0 Å². The Hall–Kier alpha value is -1.48. The molecule has 3 heteroatoms. The molecule has 0 saturated heterocycles. The molecule has 0 bridgehead atoms. The molecule has 2 aromatic carbocycles. The third-order valence-electron chi connectivity index (χ3n) is 2.90. The van der Waals surface area contributed by atoms with E-state index in [1.165, 1.54) is 5.56 Å². The van der Waals surface area contributed by atoms with Gasteiger partial charge in [-0.25, -0.2) is 0 Å². The first-order valence-corrected chi connectivity index (χ1v) is 7.23. The van der Waals surface area contributed by atoms with Crippen LogP contribution in [-0.4, -0.2) is 6.61 Å². The molecule has 2 rings (SSSR count). The molecule has 0 saturated carbocycles. The SMILES string of the molecule is CCOc1ccc(NC(C)c2cccc(Br)c2)cc1. The minimum Gasteiger partial charge on any atom is -0.494 e. The quantitative estimate of drug-likeness (QED) is 0.835. The lowest BCUT2D eigenvalue weighted by molar-refractivity contribution is 0.340. The molecule has 2 aromatic rings. The zero-order valence-electron chi connectivity index (χ0n) is 11.2. The molecular weight excluding hydrogens is 302 g/mol. The summed E-state index contributed by atoms with van der Waals surface area (Å²) in [5, 5.41) is 3.48. The van der Waals surface area contributed by atoms with Crippen LogP contribution in [0.25, 0.3) is 0 Å². The Kier molecular flexibility index (Phi) is 4.86. The van der Waals surface area contributed by atoms with Crippen LogP contribution in [0.4, 0.5) is 5.69 Å². The van der Waals surface area contributed by atoms with Gasteiger partial charge >= 0.3 is 0 Å². The van der Waals surface area contributed by atoms with Crippen LogP contribution >= 0.6 is 15.9 Å². The first-order chi connectivity index (χ1) is 9.19. The minimum absolute atomic E-state index is 0.260. The molecule has 19 heavy (non-hydrogen) atoms. The molecule has 0 amide bonds. The largest absolute Gasteiger partial charge is 0.494 e. The van der Waals surface area contributed by atoms with Gasteiger partial charge in [-0.05, 0) is 55.8 Å². The Morgan fingerprint density at radius 2 is 1.89 bits per heavy atom. The van der Waals surface area contributed by atoms with Crippen LogP contribution in [0.1, 0.15) is 25.5 Å². The smallest absolute Gasteiger partial charge is 0.119 e. The first kappa shape index (κ1) is 13.9. The van der Waals surface area contributed by atoms with Crippen LogP contribution < -0.4 is 10.1 Å². The maximum Gasteiger partial charge on any atom is 0.119 e. The molecule has 0 heterocycles. The number of benzene rings is 2. The average Bonchev–Trinajstić information content (AvgIpc) is 2.41. The lowest BCUT2D eigenvalue weighted by Gasteiger charge is -2.16. The number of hydrogen-bond donors (Lipinski definition) is 1. The van der Waals surface area contributed by atoms with Gasteiger partial charge in [-0.1, -0.05) is 28.1 Å². The number of halogens is 1. The molecule has 0 aromatic heterocycles. The highest BCUT2D eigenvalue weighted by Gasteiger charge is 2.05. The molecule has 0 aliphatic carbocycles. The van der Waals surface area contributed by atoms with E-state index >= 15 is 0 Å². The van der Waals surface area contributed by atoms with Crippen molar-refractivity contribution < 1.29 is 4.74 Å². The summed E-state index contributed by atoms with van der Waals surface area (Å²) >= 11 is 3.50. The van der Waals surface area contributed by atoms with Gasteiger partial charge in [0.1, 0.15) is 5.75 Å². The summed E-state index contributed by atoms with van der Waals surface area (Å²) in [6.45, 7) is 4.83. The normalized spacial score (nSPS) is 11.9. The highest BCUT2D eigenvalue weighted by molar-refractivity contribution is 9.10. The Bertz CT molecular complexity index is 525. The fourth-order valence-corrected chi connectivity index (χ4v) is 2.34. The van der Waals surface area contributed by atoms with Crippen LogP contribution in [0.5, 0.6) is 5.75 Å². The molecule has 1 unspecified atom stereocenters. The zero-order chi connectivity index (χ0) is 13.7. The van der Waals surface area contributed by atoms with Crippen molar-refractivity contribution >= 4 is 21.6 Å². The molecule has 100 valence electrons. The van der Waals surface area contributed by atoms with Gasteiger partial charge in [-0.15, -0.1) is 0 Å². The Morgan fingerprint density at radius 3 is 2.53 bits per heavy atom. The number of rotatable bonds is 5. The molecule has 2 nitrogen and oxygen atoms in total. The second-order valence-corrected chi connectivity index (χ2v) is 5.29. The van der Waals surface area contributed by atoms with Gasteiger partial charge in [0.2, 0.25) is 0 Å². The summed E-state index contributed by atoms with van der Waals surface area (Å²) in [4.78, 5) is 0. The number of anilines is 1. The van der Waals surface area contributed by atoms with E-state index in [9.17, 15) is 0 Å². The van der Waals surface area contributed by atoms with E-state index in [-0.39, 0.29) is 6.04 Å². The van der Waals surface area contributed by atoms with E-state index in [0.717, 1.165) is 15.9 Å². The molecule has 0 aliphatic rings. The lowest BCUT2D eigenvalue weighted by Crippen LogP contribution is -2.06. The maximum atomic E-state index is 5.43. The van der Waals surface area contributed by atoms with Crippen molar-refractivity contribution in [1.29, 1.82) is 0 Å². The van der Waals surface area contributed by atoms with Gasteiger partial charge < -0.3 is 10.1 Å². The zero-order valence-corrected chi connectivity index (χ0v) is 12.8. The second-order valence-electron chi connectivity index (χ2n) is 4.38. The molecule has 0 spiro atoms. The minimum atomic E-state index is 0.260. The summed E-state index contributed by atoms with van der Waals surface area (Å²) in [6.07, 6.45) is 0. The predicted octanol–water partition coefficient (Wildman–Crippen LogP) is 5.02. The van der Waals surface area contributed by atoms with Crippen LogP contribution in [0, 0.1) is 0 Å². The van der Waals surface area contributed by atoms with Gasteiger partial charge in [0.25, 0.3) is 0 Å². The number of ether oxygens (including phenoxy) is 1. The fraction of sp³-hybridized carbons (Fsp3) is 0.250. The van der Waals surface area contributed by atoms with Gasteiger partial charge in [0.15, 0.2) is 0 Å². The van der Waals surface area contributed by atoms with E-state index in [1.54, 1.807) is 0 Å². The van der Waals surface area contributed by atoms with Gasteiger partial charge in [0, 0.05) is 16.2 Å². The fourth-order valence-electron chi connectivity index (χ4n) is 1.92. The third kappa shape index (κ3) is 4.00. The van der Waals surface area contributed by atoms with E-state index in [4.69, 9.17) is 4.74 Å². The standard InChI is InChI=1S/C16H18BrNO/c1-3-19-16-9-7-15(8-10-16)18-12(2)13-5-4-6-14(17)11-13/h4-12,18H,3H2,1-2H3. The summed E-state index contributed by atoms with van der Waals surface area (Å²) < 4.78 is 6.53. The van der Waals surface area contributed by atoms with Crippen molar-refractivity contribution in [1.82, 2.24) is 0 Å². The van der Waals surface area contributed by atoms with Gasteiger partial charge in [-0.3, -0.25) is 0 Å². The monoisotopic (exact) mass is 319 g/mol. The second kappa shape index (κ2) is 6.62. The van der Waals surface area contributed by atoms with E-state index < -0.39 is 0 Å².